The van der Waals surface area contributed by atoms with Crippen LogP contribution in [-0.4, -0.2) is 13.7 Å². The van der Waals surface area contributed by atoms with Crippen molar-refractivity contribution in [2.24, 2.45) is 5.92 Å². The van der Waals surface area contributed by atoms with Crippen LogP contribution in [0.3, 0.4) is 0 Å². The third-order valence-corrected chi connectivity index (χ3v) is 5.37. The molecule has 2 aromatic carbocycles. The maximum Gasteiger partial charge on any atom is 0.119 e. The molecule has 0 saturated carbocycles. The topological polar surface area (TPSA) is 30.5 Å². The number of fused-ring (bicyclic) bond motifs is 3. The van der Waals surface area contributed by atoms with E-state index in [9.17, 15) is 0 Å². The maximum absolute atomic E-state index is 6.26. The van der Waals surface area contributed by atoms with E-state index in [2.05, 4.69) is 49.5 Å². The van der Waals surface area contributed by atoms with Gasteiger partial charge in [0.1, 0.15) is 5.75 Å². The van der Waals surface area contributed by atoms with Crippen LogP contribution in [0.15, 0.2) is 36.4 Å². The number of hydrogen-bond donors (Lipinski definition) is 1. The summed E-state index contributed by atoms with van der Waals surface area (Å²) in [6, 6.07) is 13.2. The molecule has 0 amide bonds. The van der Waals surface area contributed by atoms with E-state index < -0.39 is 0 Å². The van der Waals surface area contributed by atoms with Gasteiger partial charge >= 0.3 is 0 Å². The van der Waals surface area contributed by atoms with Crippen molar-refractivity contribution in [3.05, 3.63) is 58.7 Å². The van der Waals surface area contributed by atoms with Gasteiger partial charge in [-0.3, -0.25) is 0 Å². The second-order valence-corrected chi connectivity index (χ2v) is 7.04. The van der Waals surface area contributed by atoms with Gasteiger partial charge in [-0.05, 0) is 49.9 Å². The van der Waals surface area contributed by atoms with E-state index in [1.54, 1.807) is 7.11 Å². The van der Waals surface area contributed by atoms with Crippen LogP contribution < -0.4 is 10.1 Å². The summed E-state index contributed by atoms with van der Waals surface area (Å²) >= 11 is 0. The van der Waals surface area contributed by atoms with Crippen LogP contribution in [0.5, 0.6) is 5.75 Å². The Balaban J connectivity index is 1.80. The normalized spacial score (nSPS) is 25.4. The summed E-state index contributed by atoms with van der Waals surface area (Å²) in [6.07, 6.45) is 2.50. The quantitative estimate of drug-likeness (QED) is 0.848. The summed E-state index contributed by atoms with van der Waals surface area (Å²) in [6.45, 7) is 5.21. The molecular formula is C21H25NO2. The second-order valence-electron chi connectivity index (χ2n) is 7.04. The van der Waals surface area contributed by atoms with Crippen molar-refractivity contribution in [1.82, 2.24) is 0 Å². The molecule has 3 nitrogen and oxygen atoms in total. The molecule has 2 aliphatic rings. The third-order valence-electron chi connectivity index (χ3n) is 5.37. The lowest BCUT2D eigenvalue weighted by molar-refractivity contribution is -0.0382. The van der Waals surface area contributed by atoms with E-state index in [1.165, 1.54) is 34.4 Å². The van der Waals surface area contributed by atoms with E-state index in [0.717, 1.165) is 18.8 Å². The van der Waals surface area contributed by atoms with Crippen molar-refractivity contribution >= 4 is 5.69 Å². The van der Waals surface area contributed by atoms with Crippen LogP contribution in [-0.2, 0) is 4.74 Å². The summed E-state index contributed by atoms with van der Waals surface area (Å²) in [7, 11) is 1.72. The van der Waals surface area contributed by atoms with E-state index in [4.69, 9.17) is 9.47 Å². The zero-order chi connectivity index (χ0) is 16.7. The molecule has 1 N–H and O–H groups in total. The molecule has 2 aromatic rings. The molecule has 2 aliphatic heterocycles. The molecule has 0 bridgehead atoms. The molecule has 1 saturated heterocycles. The first kappa shape index (κ1) is 15.5. The van der Waals surface area contributed by atoms with Crippen molar-refractivity contribution in [3.8, 4) is 5.75 Å². The molecule has 0 aromatic heterocycles. The summed E-state index contributed by atoms with van der Waals surface area (Å²) in [5, 5.41) is 3.82. The van der Waals surface area contributed by atoms with Crippen LogP contribution in [0.4, 0.5) is 5.69 Å². The molecule has 126 valence electrons. The van der Waals surface area contributed by atoms with E-state index in [1.807, 2.05) is 6.07 Å². The summed E-state index contributed by atoms with van der Waals surface area (Å²) in [5.74, 6) is 1.37. The highest BCUT2D eigenvalue weighted by atomic mass is 16.5. The predicted molar refractivity (Wildman–Crippen MR) is 96.7 cm³/mol. The van der Waals surface area contributed by atoms with Crippen LogP contribution in [0, 0.1) is 19.8 Å². The smallest absolute Gasteiger partial charge is 0.119 e. The Kier molecular flexibility index (Phi) is 3.97. The maximum atomic E-state index is 6.26. The van der Waals surface area contributed by atoms with Gasteiger partial charge in [-0.15, -0.1) is 0 Å². The Morgan fingerprint density at radius 2 is 2.04 bits per heavy atom. The lowest BCUT2D eigenvalue weighted by Crippen LogP contribution is -2.36. The number of hydrogen-bond acceptors (Lipinski definition) is 3. The highest BCUT2D eigenvalue weighted by molar-refractivity contribution is 5.63. The van der Waals surface area contributed by atoms with Crippen molar-refractivity contribution in [3.63, 3.8) is 0 Å². The lowest BCUT2D eigenvalue weighted by Gasteiger charge is -2.44. The van der Waals surface area contributed by atoms with Gasteiger partial charge in [-0.25, -0.2) is 0 Å². The van der Waals surface area contributed by atoms with E-state index in [-0.39, 0.29) is 12.1 Å². The van der Waals surface area contributed by atoms with Gasteiger partial charge in [-0.1, -0.05) is 29.8 Å². The fourth-order valence-corrected chi connectivity index (χ4v) is 4.32. The number of aryl methyl sites for hydroxylation is 2. The first-order valence-electron chi connectivity index (χ1n) is 8.80. The number of rotatable bonds is 2. The van der Waals surface area contributed by atoms with Crippen molar-refractivity contribution in [2.75, 3.05) is 19.0 Å². The molecule has 0 spiro atoms. The van der Waals surface area contributed by atoms with Crippen molar-refractivity contribution in [1.29, 1.82) is 0 Å². The number of anilines is 1. The standard InChI is InChI=1S/C21H25NO2/c1-13-10-14(2)19-18(11-13)21-17(8-5-9-24-21)20(22-19)15-6-4-7-16(12-15)23-3/h4,6-7,10-12,17,20-22H,5,8-9H2,1-3H3/t17-,20+,21-/m0/s1. The van der Waals surface area contributed by atoms with Gasteiger partial charge in [-0.2, -0.15) is 0 Å². The van der Waals surface area contributed by atoms with Gasteiger partial charge in [0, 0.05) is 23.8 Å². The first-order chi connectivity index (χ1) is 11.7. The van der Waals surface area contributed by atoms with Crippen molar-refractivity contribution < 1.29 is 9.47 Å². The first-order valence-corrected chi connectivity index (χ1v) is 8.80. The predicted octanol–water partition coefficient (Wildman–Crippen LogP) is 4.95. The van der Waals surface area contributed by atoms with E-state index >= 15 is 0 Å². The molecule has 24 heavy (non-hydrogen) atoms. The average Bonchev–Trinajstić information content (AvgIpc) is 2.61. The van der Waals surface area contributed by atoms with Gasteiger partial charge in [0.2, 0.25) is 0 Å². The minimum absolute atomic E-state index is 0.185. The van der Waals surface area contributed by atoms with Gasteiger partial charge < -0.3 is 14.8 Å². The lowest BCUT2D eigenvalue weighted by atomic mass is 9.76. The Morgan fingerprint density at radius 3 is 2.88 bits per heavy atom. The molecule has 3 atom stereocenters. The van der Waals surface area contributed by atoms with Gasteiger partial charge in [0.05, 0.1) is 19.3 Å². The highest BCUT2D eigenvalue weighted by Gasteiger charge is 2.40. The van der Waals surface area contributed by atoms with Crippen LogP contribution in [0.25, 0.3) is 0 Å². The largest absolute Gasteiger partial charge is 0.497 e. The average molecular weight is 323 g/mol. The second kappa shape index (κ2) is 6.14. The van der Waals surface area contributed by atoms with Crippen LogP contribution in [0.2, 0.25) is 0 Å². The minimum Gasteiger partial charge on any atom is -0.497 e. The fourth-order valence-electron chi connectivity index (χ4n) is 4.32. The Bertz CT molecular complexity index is 755. The van der Waals surface area contributed by atoms with Crippen molar-refractivity contribution in [2.45, 2.75) is 38.8 Å². The fraction of sp³-hybridized carbons (Fsp3) is 0.429. The minimum atomic E-state index is 0.185. The molecule has 4 rings (SSSR count). The SMILES string of the molecule is COc1cccc([C@H]2Nc3c(C)cc(C)cc3[C@H]3OCCC[C@@H]23)c1. The van der Waals surface area contributed by atoms with Gasteiger partial charge in [0.15, 0.2) is 0 Å². The molecular weight excluding hydrogens is 298 g/mol. The zero-order valence-electron chi connectivity index (χ0n) is 14.6. The van der Waals surface area contributed by atoms with E-state index in [0.29, 0.717) is 5.92 Å². The number of nitrogens with one attached hydrogen (secondary N) is 1. The Hall–Kier alpha value is -2.00. The van der Waals surface area contributed by atoms with Gasteiger partial charge in [0.25, 0.3) is 0 Å². The number of ether oxygens (including phenoxy) is 2. The Morgan fingerprint density at radius 1 is 1.17 bits per heavy atom. The molecule has 1 fully saturated rings. The summed E-state index contributed by atoms with van der Waals surface area (Å²) in [4.78, 5) is 0. The molecule has 0 radical (unpaired) electrons. The summed E-state index contributed by atoms with van der Waals surface area (Å²) < 4.78 is 11.7. The third kappa shape index (κ3) is 2.57. The van der Waals surface area contributed by atoms with Crippen LogP contribution >= 0.6 is 0 Å². The zero-order valence-corrected chi connectivity index (χ0v) is 14.6. The number of benzene rings is 2. The molecule has 0 aliphatic carbocycles. The molecule has 2 heterocycles. The summed E-state index contributed by atoms with van der Waals surface area (Å²) in [5.41, 5.74) is 6.46. The van der Waals surface area contributed by atoms with Crippen LogP contribution in [0.1, 0.15) is 47.2 Å². The molecule has 0 unspecified atom stereocenters. The Labute approximate surface area is 144 Å². The number of methoxy groups -OCH3 is 1. The highest BCUT2D eigenvalue weighted by Crippen LogP contribution is 2.50. The molecule has 3 heteroatoms. The monoisotopic (exact) mass is 323 g/mol.